The van der Waals surface area contributed by atoms with E-state index in [1.54, 1.807) is 0 Å². The molecule has 2 heteroatoms. The van der Waals surface area contributed by atoms with Crippen LogP contribution in [-0.2, 0) is 0 Å². The highest BCUT2D eigenvalue weighted by atomic mass is 16.3. The van der Waals surface area contributed by atoms with E-state index in [-0.39, 0.29) is 6.10 Å². The van der Waals surface area contributed by atoms with Gasteiger partial charge in [0.25, 0.3) is 0 Å². The quantitative estimate of drug-likeness (QED) is 0.656. The van der Waals surface area contributed by atoms with Crippen molar-refractivity contribution in [3.05, 3.63) is 0 Å². The van der Waals surface area contributed by atoms with Crippen molar-refractivity contribution in [2.75, 3.05) is 13.1 Å². The van der Waals surface area contributed by atoms with E-state index in [9.17, 15) is 5.11 Å². The van der Waals surface area contributed by atoms with Gasteiger partial charge in [0.05, 0.1) is 6.10 Å². The second kappa shape index (κ2) is 4.83. The molecule has 0 spiro atoms. The summed E-state index contributed by atoms with van der Waals surface area (Å²) in [5.74, 6) is 0. The zero-order valence-corrected chi connectivity index (χ0v) is 8.29. The molecule has 1 N–H and O–H groups in total. The van der Waals surface area contributed by atoms with Crippen LogP contribution in [0.25, 0.3) is 0 Å². The highest BCUT2D eigenvalue weighted by Gasteiger charge is 2.28. The van der Waals surface area contributed by atoms with Gasteiger partial charge in [0, 0.05) is 12.6 Å². The maximum Gasteiger partial charge on any atom is 0.0639 e. The van der Waals surface area contributed by atoms with Gasteiger partial charge in [-0.25, -0.2) is 0 Å². The Hall–Kier alpha value is -0.0800. The van der Waals surface area contributed by atoms with Gasteiger partial charge >= 0.3 is 0 Å². The second-order valence-electron chi connectivity index (χ2n) is 3.93. The molecule has 0 aliphatic heterocycles. The first kappa shape index (κ1) is 10.0. The summed E-state index contributed by atoms with van der Waals surface area (Å²) in [5, 5.41) is 9.26. The van der Waals surface area contributed by atoms with Crippen LogP contribution in [-0.4, -0.2) is 35.2 Å². The summed E-state index contributed by atoms with van der Waals surface area (Å²) in [6.07, 6.45) is 5.04. The minimum absolute atomic E-state index is 0.164. The minimum atomic E-state index is -0.164. The molecule has 0 saturated heterocycles. The first-order chi connectivity index (χ1) is 5.74. The van der Waals surface area contributed by atoms with Crippen LogP contribution in [0, 0.1) is 0 Å². The van der Waals surface area contributed by atoms with Crippen molar-refractivity contribution in [2.45, 2.75) is 51.7 Å². The van der Waals surface area contributed by atoms with Crippen LogP contribution in [0.3, 0.4) is 0 Å². The van der Waals surface area contributed by atoms with Gasteiger partial charge in [-0.2, -0.15) is 0 Å². The molecule has 1 aliphatic rings. The summed E-state index contributed by atoms with van der Waals surface area (Å²) in [6.45, 7) is 6.13. The lowest BCUT2D eigenvalue weighted by Crippen LogP contribution is -2.33. The zero-order valence-electron chi connectivity index (χ0n) is 8.29. The van der Waals surface area contributed by atoms with E-state index in [4.69, 9.17) is 0 Å². The standard InChI is InChI=1S/C10H21NO/c1-3-4-7-11(8-9(2)12)10-5-6-10/h9-10,12H,3-8H2,1-2H3/t9-/m1/s1. The Bertz CT molecular complexity index is 121. The van der Waals surface area contributed by atoms with Crippen molar-refractivity contribution in [2.24, 2.45) is 0 Å². The molecule has 0 bridgehead atoms. The molecule has 1 atom stereocenters. The van der Waals surface area contributed by atoms with Gasteiger partial charge in [-0.3, -0.25) is 4.90 Å². The SMILES string of the molecule is CCCCN(C[C@@H](C)O)C1CC1. The van der Waals surface area contributed by atoms with Gasteiger partial charge in [-0.05, 0) is 32.7 Å². The fourth-order valence-corrected chi connectivity index (χ4v) is 1.56. The molecule has 72 valence electrons. The van der Waals surface area contributed by atoms with Gasteiger partial charge in [-0.1, -0.05) is 13.3 Å². The van der Waals surface area contributed by atoms with Crippen LogP contribution in [0.5, 0.6) is 0 Å². The van der Waals surface area contributed by atoms with Crippen molar-refractivity contribution in [1.29, 1.82) is 0 Å². The summed E-state index contributed by atoms with van der Waals surface area (Å²) in [7, 11) is 0. The summed E-state index contributed by atoms with van der Waals surface area (Å²) in [4.78, 5) is 2.44. The first-order valence-electron chi connectivity index (χ1n) is 5.16. The van der Waals surface area contributed by atoms with Gasteiger partial charge in [0.15, 0.2) is 0 Å². The van der Waals surface area contributed by atoms with Crippen molar-refractivity contribution >= 4 is 0 Å². The summed E-state index contributed by atoms with van der Waals surface area (Å²) in [6, 6.07) is 0.797. The maximum atomic E-state index is 9.26. The Morgan fingerprint density at radius 1 is 1.50 bits per heavy atom. The Labute approximate surface area is 75.6 Å². The molecule has 1 rings (SSSR count). The molecular weight excluding hydrogens is 150 g/mol. The number of hydrogen-bond donors (Lipinski definition) is 1. The number of unbranched alkanes of at least 4 members (excludes halogenated alkanes) is 1. The molecular formula is C10H21NO. The summed E-state index contributed by atoms with van der Waals surface area (Å²) in [5.41, 5.74) is 0. The first-order valence-corrected chi connectivity index (χ1v) is 5.16. The molecule has 0 aromatic heterocycles. The van der Waals surface area contributed by atoms with Crippen molar-refractivity contribution in [1.82, 2.24) is 4.90 Å². The van der Waals surface area contributed by atoms with E-state index < -0.39 is 0 Å². The molecule has 0 amide bonds. The molecule has 0 heterocycles. The van der Waals surface area contributed by atoms with Crippen molar-refractivity contribution < 1.29 is 5.11 Å². The predicted molar refractivity (Wildman–Crippen MR) is 51.2 cm³/mol. The Morgan fingerprint density at radius 2 is 2.17 bits per heavy atom. The van der Waals surface area contributed by atoms with Crippen LogP contribution in [0.15, 0.2) is 0 Å². The predicted octanol–water partition coefficient (Wildman–Crippen LogP) is 1.63. The molecule has 12 heavy (non-hydrogen) atoms. The van der Waals surface area contributed by atoms with Crippen molar-refractivity contribution in [3.63, 3.8) is 0 Å². The smallest absolute Gasteiger partial charge is 0.0639 e. The minimum Gasteiger partial charge on any atom is -0.392 e. The van der Waals surface area contributed by atoms with Crippen LogP contribution in [0.1, 0.15) is 39.5 Å². The van der Waals surface area contributed by atoms with E-state index in [0.29, 0.717) is 0 Å². The topological polar surface area (TPSA) is 23.5 Å². The lowest BCUT2D eigenvalue weighted by atomic mass is 10.3. The van der Waals surface area contributed by atoms with E-state index in [2.05, 4.69) is 11.8 Å². The number of hydrogen-bond acceptors (Lipinski definition) is 2. The molecule has 1 saturated carbocycles. The lowest BCUT2D eigenvalue weighted by Gasteiger charge is -2.22. The van der Waals surface area contributed by atoms with Gasteiger partial charge in [0.1, 0.15) is 0 Å². The number of rotatable bonds is 6. The Morgan fingerprint density at radius 3 is 2.58 bits per heavy atom. The van der Waals surface area contributed by atoms with Gasteiger partial charge in [-0.15, -0.1) is 0 Å². The maximum absolute atomic E-state index is 9.26. The third-order valence-corrected chi connectivity index (χ3v) is 2.36. The van der Waals surface area contributed by atoms with E-state index in [1.165, 1.54) is 32.2 Å². The monoisotopic (exact) mass is 171 g/mol. The van der Waals surface area contributed by atoms with Gasteiger partial charge < -0.3 is 5.11 Å². The van der Waals surface area contributed by atoms with Crippen LogP contribution in [0.4, 0.5) is 0 Å². The Balaban J connectivity index is 2.18. The zero-order chi connectivity index (χ0) is 8.97. The molecule has 1 fully saturated rings. The average Bonchev–Trinajstić information content (AvgIpc) is 2.79. The second-order valence-corrected chi connectivity index (χ2v) is 3.93. The van der Waals surface area contributed by atoms with E-state index in [0.717, 1.165) is 12.6 Å². The molecule has 0 aromatic carbocycles. The summed E-state index contributed by atoms with van der Waals surface area (Å²) < 4.78 is 0. The van der Waals surface area contributed by atoms with Crippen molar-refractivity contribution in [3.8, 4) is 0 Å². The largest absolute Gasteiger partial charge is 0.392 e. The molecule has 0 radical (unpaired) electrons. The Kier molecular flexibility index (Phi) is 4.02. The normalized spacial score (nSPS) is 20.0. The third kappa shape index (κ3) is 3.55. The average molecular weight is 171 g/mol. The number of nitrogens with zero attached hydrogens (tertiary/aromatic N) is 1. The molecule has 0 aromatic rings. The molecule has 1 aliphatic carbocycles. The van der Waals surface area contributed by atoms with Crippen LogP contribution < -0.4 is 0 Å². The highest BCUT2D eigenvalue weighted by Crippen LogP contribution is 2.27. The molecule has 0 unspecified atom stereocenters. The van der Waals surface area contributed by atoms with Crippen LogP contribution in [0.2, 0.25) is 0 Å². The number of aliphatic hydroxyl groups is 1. The fraction of sp³-hybridized carbons (Fsp3) is 1.00. The summed E-state index contributed by atoms with van der Waals surface area (Å²) >= 11 is 0. The fourth-order valence-electron chi connectivity index (χ4n) is 1.56. The van der Waals surface area contributed by atoms with Gasteiger partial charge in [0.2, 0.25) is 0 Å². The third-order valence-electron chi connectivity index (χ3n) is 2.36. The lowest BCUT2D eigenvalue weighted by molar-refractivity contribution is 0.121. The van der Waals surface area contributed by atoms with Crippen LogP contribution >= 0.6 is 0 Å². The van der Waals surface area contributed by atoms with E-state index >= 15 is 0 Å². The van der Waals surface area contributed by atoms with E-state index in [1.807, 2.05) is 6.92 Å². The highest BCUT2D eigenvalue weighted by molar-refractivity contribution is 4.84. The molecule has 2 nitrogen and oxygen atoms in total. The number of aliphatic hydroxyl groups excluding tert-OH is 1.